The van der Waals surface area contributed by atoms with Crippen molar-refractivity contribution in [1.82, 2.24) is 9.38 Å². The largest absolute Gasteiger partial charge is 0.306 e. The van der Waals surface area contributed by atoms with Crippen molar-refractivity contribution in [2.75, 3.05) is 0 Å². The Morgan fingerprint density at radius 2 is 1.31 bits per heavy atom. The maximum Gasteiger partial charge on any atom is 0.137 e. The Hall–Kier alpha value is -4.95. The SMILES string of the molecule is C1=CCC(c2ccc(-c3cn4cc(-c5ccccc5)ccc4n3)cc2)=Cc2ccc3ccccc3c2CC=C1. The molecule has 2 nitrogen and oxygen atoms in total. The van der Waals surface area contributed by atoms with Crippen LogP contribution in [0, 0.1) is 0 Å². The Balaban J connectivity index is 1.23. The summed E-state index contributed by atoms with van der Waals surface area (Å²) in [5.41, 5.74) is 10.7. The zero-order valence-electron chi connectivity index (χ0n) is 21.7. The molecule has 0 atom stereocenters. The van der Waals surface area contributed by atoms with Gasteiger partial charge in [0.1, 0.15) is 5.65 Å². The monoisotopic (exact) mass is 500 g/mol. The number of hydrogen-bond acceptors (Lipinski definition) is 1. The van der Waals surface area contributed by atoms with Crippen LogP contribution in [0.25, 0.3) is 50.5 Å². The van der Waals surface area contributed by atoms with Crippen LogP contribution in [-0.4, -0.2) is 9.38 Å². The van der Waals surface area contributed by atoms with Crippen molar-refractivity contribution in [3.05, 3.63) is 157 Å². The van der Waals surface area contributed by atoms with Gasteiger partial charge in [0.2, 0.25) is 0 Å². The van der Waals surface area contributed by atoms with Crippen molar-refractivity contribution in [2.45, 2.75) is 12.8 Å². The molecule has 39 heavy (non-hydrogen) atoms. The van der Waals surface area contributed by atoms with E-state index in [1.54, 1.807) is 0 Å². The normalized spacial score (nSPS) is 13.4. The molecule has 2 aromatic heterocycles. The molecule has 0 fully saturated rings. The van der Waals surface area contributed by atoms with E-state index in [0.29, 0.717) is 0 Å². The average molecular weight is 501 g/mol. The Kier molecular flexibility index (Phi) is 5.99. The van der Waals surface area contributed by atoms with E-state index in [9.17, 15) is 0 Å². The van der Waals surface area contributed by atoms with E-state index in [-0.39, 0.29) is 0 Å². The topological polar surface area (TPSA) is 17.3 Å². The van der Waals surface area contributed by atoms with Gasteiger partial charge < -0.3 is 4.40 Å². The van der Waals surface area contributed by atoms with Crippen molar-refractivity contribution in [2.24, 2.45) is 0 Å². The molecule has 0 aliphatic heterocycles. The van der Waals surface area contributed by atoms with E-state index < -0.39 is 0 Å². The van der Waals surface area contributed by atoms with Gasteiger partial charge in [0.25, 0.3) is 0 Å². The summed E-state index contributed by atoms with van der Waals surface area (Å²) in [6.45, 7) is 0. The molecule has 4 aromatic carbocycles. The molecule has 0 N–H and O–H groups in total. The molecular weight excluding hydrogens is 472 g/mol. The van der Waals surface area contributed by atoms with E-state index in [4.69, 9.17) is 4.98 Å². The summed E-state index contributed by atoms with van der Waals surface area (Å²) in [5, 5.41) is 2.62. The second kappa shape index (κ2) is 10.1. The molecule has 6 aromatic rings. The van der Waals surface area contributed by atoms with Gasteiger partial charge in [-0.25, -0.2) is 4.98 Å². The number of imidazole rings is 1. The van der Waals surface area contributed by atoms with Crippen molar-refractivity contribution in [3.63, 3.8) is 0 Å². The second-order valence-electron chi connectivity index (χ2n) is 10.0. The predicted molar refractivity (Wildman–Crippen MR) is 164 cm³/mol. The van der Waals surface area contributed by atoms with Crippen LogP contribution in [0.2, 0.25) is 0 Å². The number of hydrogen-bond donors (Lipinski definition) is 0. The Labute approximate surface area is 228 Å². The minimum absolute atomic E-state index is 0.882. The lowest BCUT2D eigenvalue weighted by Gasteiger charge is -2.13. The number of fused-ring (bicyclic) bond motifs is 4. The molecule has 1 aliphatic rings. The summed E-state index contributed by atoms with van der Waals surface area (Å²) >= 11 is 0. The van der Waals surface area contributed by atoms with Crippen LogP contribution in [0.1, 0.15) is 23.1 Å². The van der Waals surface area contributed by atoms with Gasteiger partial charge >= 0.3 is 0 Å². The lowest BCUT2D eigenvalue weighted by molar-refractivity contribution is 1.19. The highest BCUT2D eigenvalue weighted by molar-refractivity contribution is 5.92. The summed E-state index contributed by atoms with van der Waals surface area (Å²) in [6.07, 6.45) is 17.3. The molecule has 2 heteroatoms. The summed E-state index contributed by atoms with van der Waals surface area (Å²) in [4.78, 5) is 4.90. The third kappa shape index (κ3) is 4.62. The van der Waals surface area contributed by atoms with Gasteiger partial charge in [-0.2, -0.15) is 0 Å². The molecule has 186 valence electrons. The fourth-order valence-corrected chi connectivity index (χ4v) is 5.49. The highest BCUT2D eigenvalue weighted by Gasteiger charge is 2.10. The van der Waals surface area contributed by atoms with E-state index >= 15 is 0 Å². The maximum absolute atomic E-state index is 4.90. The van der Waals surface area contributed by atoms with Gasteiger partial charge in [-0.1, -0.05) is 121 Å². The fraction of sp³-hybridized carbons (Fsp3) is 0.0541. The van der Waals surface area contributed by atoms with Crippen LogP contribution >= 0.6 is 0 Å². The molecule has 0 amide bonds. The van der Waals surface area contributed by atoms with Gasteiger partial charge in [0, 0.05) is 18.0 Å². The molecule has 0 spiro atoms. The molecule has 0 saturated carbocycles. The minimum Gasteiger partial charge on any atom is -0.306 e. The van der Waals surface area contributed by atoms with Gasteiger partial charge in [0.05, 0.1) is 5.69 Å². The van der Waals surface area contributed by atoms with Crippen LogP contribution in [0.15, 0.2) is 140 Å². The number of rotatable bonds is 3. The first kappa shape index (κ1) is 23.2. The highest BCUT2D eigenvalue weighted by atomic mass is 15.0. The lowest BCUT2D eigenvalue weighted by atomic mass is 9.92. The Morgan fingerprint density at radius 1 is 0.564 bits per heavy atom. The van der Waals surface area contributed by atoms with Gasteiger partial charge in [-0.15, -0.1) is 0 Å². The van der Waals surface area contributed by atoms with E-state index in [1.165, 1.54) is 44.2 Å². The number of pyridine rings is 1. The third-order valence-electron chi connectivity index (χ3n) is 7.56. The van der Waals surface area contributed by atoms with Gasteiger partial charge in [-0.3, -0.25) is 0 Å². The first-order valence-electron chi connectivity index (χ1n) is 13.5. The van der Waals surface area contributed by atoms with Crippen molar-refractivity contribution < 1.29 is 0 Å². The van der Waals surface area contributed by atoms with Crippen molar-refractivity contribution in [1.29, 1.82) is 0 Å². The summed E-state index contributed by atoms with van der Waals surface area (Å²) in [6, 6.07) is 36.7. The van der Waals surface area contributed by atoms with E-state index in [0.717, 1.165) is 29.7 Å². The number of nitrogens with zero attached hydrogens (tertiary/aromatic N) is 2. The zero-order valence-corrected chi connectivity index (χ0v) is 21.7. The minimum atomic E-state index is 0.882. The second-order valence-corrected chi connectivity index (χ2v) is 10.0. The molecule has 1 aliphatic carbocycles. The third-order valence-corrected chi connectivity index (χ3v) is 7.56. The van der Waals surface area contributed by atoms with Gasteiger partial charge in [-0.05, 0) is 69.1 Å². The van der Waals surface area contributed by atoms with Crippen LogP contribution in [-0.2, 0) is 6.42 Å². The maximum atomic E-state index is 4.90. The highest BCUT2D eigenvalue weighted by Crippen LogP contribution is 2.31. The molecule has 0 unspecified atom stereocenters. The van der Waals surface area contributed by atoms with Crippen LogP contribution < -0.4 is 0 Å². The van der Waals surface area contributed by atoms with Crippen LogP contribution in [0.4, 0.5) is 0 Å². The fourth-order valence-electron chi connectivity index (χ4n) is 5.49. The number of benzene rings is 4. The van der Waals surface area contributed by atoms with Crippen LogP contribution in [0.5, 0.6) is 0 Å². The molecule has 7 rings (SSSR count). The molecular formula is C37H28N2. The number of aromatic nitrogens is 2. The van der Waals surface area contributed by atoms with Gasteiger partial charge in [0.15, 0.2) is 0 Å². The summed E-state index contributed by atoms with van der Waals surface area (Å²) < 4.78 is 2.12. The molecule has 0 saturated heterocycles. The first-order chi connectivity index (χ1) is 19.3. The molecule has 0 radical (unpaired) electrons. The number of allylic oxidation sites excluding steroid dienone is 5. The van der Waals surface area contributed by atoms with Crippen molar-refractivity contribution >= 4 is 28.1 Å². The molecule has 2 heterocycles. The quantitative estimate of drug-likeness (QED) is 0.237. The molecule has 0 bridgehead atoms. The summed E-state index contributed by atoms with van der Waals surface area (Å²) in [5.74, 6) is 0. The van der Waals surface area contributed by atoms with E-state index in [1.807, 2.05) is 6.07 Å². The first-order valence-corrected chi connectivity index (χ1v) is 13.5. The van der Waals surface area contributed by atoms with Crippen LogP contribution in [0.3, 0.4) is 0 Å². The van der Waals surface area contributed by atoms with Crippen molar-refractivity contribution in [3.8, 4) is 22.4 Å². The standard InChI is InChI=1S/C37H28N2/c1-2-7-14-35-32(21-18-29-12-8-9-15-34(29)35)24-31(13-4-1)28-16-19-30(20-17-28)36-26-39-25-33(22-23-37(39)38-36)27-10-5-3-6-11-27/h1-12,15-26H,13-14H2. The zero-order chi connectivity index (χ0) is 26.0. The summed E-state index contributed by atoms with van der Waals surface area (Å²) in [7, 11) is 0. The smallest absolute Gasteiger partial charge is 0.137 e. The van der Waals surface area contributed by atoms with E-state index in [2.05, 4.69) is 144 Å². The Bertz CT molecular complexity index is 1880. The predicted octanol–water partition coefficient (Wildman–Crippen LogP) is 9.42. The lowest BCUT2D eigenvalue weighted by Crippen LogP contribution is -1.93. The Morgan fingerprint density at radius 3 is 2.18 bits per heavy atom. The average Bonchev–Trinajstić information content (AvgIpc) is 3.43.